The molecule has 0 saturated heterocycles. The van der Waals surface area contributed by atoms with Crippen molar-refractivity contribution in [3.05, 3.63) is 138 Å². The molecule has 47 heavy (non-hydrogen) atoms. The molecule has 6 aromatic rings. The number of rotatable bonds is 14. The van der Waals surface area contributed by atoms with Crippen LogP contribution < -0.4 is 19.9 Å². The van der Waals surface area contributed by atoms with Crippen molar-refractivity contribution in [3.63, 3.8) is 0 Å². The van der Waals surface area contributed by atoms with Gasteiger partial charge in [-0.25, -0.2) is 4.98 Å². The summed E-state index contributed by atoms with van der Waals surface area (Å²) < 4.78 is 25.5. The quantitative estimate of drug-likeness (QED) is 0.144. The molecule has 0 aliphatic heterocycles. The first-order chi connectivity index (χ1) is 23.0. The summed E-state index contributed by atoms with van der Waals surface area (Å²) in [5, 5.41) is 11.2. The predicted molar refractivity (Wildman–Crippen MR) is 179 cm³/mol. The molecule has 0 saturated carbocycles. The third-order valence-corrected chi connectivity index (χ3v) is 8.02. The minimum atomic E-state index is -0.978. The van der Waals surface area contributed by atoms with Crippen molar-refractivity contribution in [3.8, 4) is 17.4 Å². The zero-order chi connectivity index (χ0) is 32.6. The van der Waals surface area contributed by atoms with Gasteiger partial charge in [-0.1, -0.05) is 84.9 Å². The van der Waals surface area contributed by atoms with Crippen LogP contribution in [0.3, 0.4) is 0 Å². The number of hydrogen-bond acceptors (Lipinski definition) is 9. The summed E-state index contributed by atoms with van der Waals surface area (Å²) in [7, 11) is 3.28. The van der Waals surface area contributed by atoms with E-state index in [9.17, 15) is 5.11 Å². The Morgan fingerprint density at radius 1 is 0.766 bits per heavy atom. The average molecular weight is 632 g/mol. The number of imidazole rings is 1. The number of aliphatic hydroxyl groups excluding tert-OH is 1. The van der Waals surface area contributed by atoms with E-state index in [0.29, 0.717) is 30.1 Å². The van der Waals surface area contributed by atoms with Crippen LogP contribution in [0.5, 0.6) is 17.4 Å². The van der Waals surface area contributed by atoms with E-state index in [2.05, 4.69) is 15.0 Å². The predicted octanol–water partition coefficient (Wildman–Crippen LogP) is 5.76. The monoisotopic (exact) mass is 631 g/mol. The highest BCUT2D eigenvalue weighted by Gasteiger charge is 2.38. The van der Waals surface area contributed by atoms with Crippen LogP contribution in [0.4, 0.5) is 5.95 Å². The number of aromatic nitrogens is 4. The molecule has 10 nitrogen and oxygen atoms in total. The van der Waals surface area contributed by atoms with E-state index in [1.54, 1.807) is 25.1 Å². The van der Waals surface area contributed by atoms with Gasteiger partial charge < -0.3 is 34.4 Å². The highest BCUT2D eigenvalue weighted by atomic mass is 16.5. The van der Waals surface area contributed by atoms with Crippen LogP contribution in [-0.2, 0) is 23.5 Å². The molecular formula is C37H37N5O5. The maximum absolute atomic E-state index is 11.2. The number of aliphatic hydroxyl groups is 1. The molecule has 10 heteroatoms. The topological polar surface area (TPSA) is 127 Å². The Labute approximate surface area is 273 Å². The van der Waals surface area contributed by atoms with Crippen LogP contribution in [0, 0.1) is 0 Å². The first kappa shape index (κ1) is 31.5. The van der Waals surface area contributed by atoms with Gasteiger partial charge in [0.2, 0.25) is 11.8 Å². The number of ether oxygens (including phenoxy) is 4. The second kappa shape index (κ2) is 14.3. The molecule has 240 valence electrons. The molecule has 4 aromatic carbocycles. The lowest BCUT2D eigenvalue weighted by atomic mass is 9.80. The molecule has 0 fully saturated rings. The second-order valence-electron chi connectivity index (χ2n) is 11.0. The van der Waals surface area contributed by atoms with Gasteiger partial charge in [0.25, 0.3) is 0 Å². The first-order valence-corrected chi connectivity index (χ1v) is 15.3. The Hall–Kier alpha value is -5.45. The molecule has 2 heterocycles. The summed E-state index contributed by atoms with van der Waals surface area (Å²) in [6.07, 6.45) is 1.16. The molecule has 0 unspecified atom stereocenters. The van der Waals surface area contributed by atoms with E-state index in [-0.39, 0.29) is 19.1 Å². The molecular weight excluding hydrogens is 594 g/mol. The Morgan fingerprint density at radius 2 is 1.34 bits per heavy atom. The maximum atomic E-state index is 11.2. The molecule has 0 aliphatic carbocycles. The molecule has 6 rings (SSSR count). The van der Waals surface area contributed by atoms with Gasteiger partial charge in [-0.15, -0.1) is 0 Å². The molecule has 3 N–H and O–H groups in total. The van der Waals surface area contributed by atoms with Crippen molar-refractivity contribution in [2.45, 2.75) is 31.3 Å². The first-order valence-electron chi connectivity index (χ1n) is 15.3. The zero-order valence-electron chi connectivity index (χ0n) is 26.3. The molecule has 0 amide bonds. The lowest BCUT2D eigenvalue weighted by molar-refractivity contribution is -0.00736. The summed E-state index contributed by atoms with van der Waals surface area (Å²) in [5.74, 6) is 1.84. The highest BCUT2D eigenvalue weighted by molar-refractivity contribution is 5.77. The third kappa shape index (κ3) is 6.89. The van der Waals surface area contributed by atoms with Crippen LogP contribution >= 0.6 is 0 Å². The van der Waals surface area contributed by atoms with Gasteiger partial charge in [0.1, 0.15) is 23.7 Å². The molecule has 2 aromatic heterocycles. The number of nitrogens with zero attached hydrogens (tertiary/aromatic N) is 4. The van der Waals surface area contributed by atoms with E-state index >= 15 is 0 Å². The van der Waals surface area contributed by atoms with Gasteiger partial charge in [0, 0.05) is 0 Å². The third-order valence-electron chi connectivity index (χ3n) is 8.02. The molecule has 0 spiro atoms. The highest BCUT2D eigenvalue weighted by Crippen LogP contribution is 2.42. The summed E-state index contributed by atoms with van der Waals surface area (Å²) >= 11 is 0. The largest absolute Gasteiger partial charge is 0.497 e. The average Bonchev–Trinajstić information content (AvgIpc) is 3.52. The van der Waals surface area contributed by atoms with Gasteiger partial charge in [-0.05, 0) is 52.9 Å². The number of methoxy groups -OCH3 is 2. The Bertz CT molecular complexity index is 1830. The molecule has 1 atom stereocenters. The fourth-order valence-corrected chi connectivity index (χ4v) is 5.64. The van der Waals surface area contributed by atoms with Gasteiger partial charge in [-0.3, -0.25) is 0 Å². The van der Waals surface area contributed by atoms with E-state index in [1.165, 1.54) is 0 Å². The summed E-state index contributed by atoms with van der Waals surface area (Å²) in [4.78, 5) is 13.1. The summed E-state index contributed by atoms with van der Waals surface area (Å²) in [5.41, 5.74) is 9.79. The van der Waals surface area contributed by atoms with E-state index in [4.69, 9.17) is 24.7 Å². The van der Waals surface area contributed by atoms with Gasteiger partial charge in [0.05, 0.1) is 39.8 Å². The minimum absolute atomic E-state index is 0.0618. The van der Waals surface area contributed by atoms with Crippen LogP contribution in [0.2, 0.25) is 0 Å². The van der Waals surface area contributed by atoms with Crippen LogP contribution in [0.1, 0.15) is 28.7 Å². The van der Waals surface area contributed by atoms with Crippen molar-refractivity contribution >= 4 is 17.1 Å². The lowest BCUT2D eigenvalue weighted by Crippen LogP contribution is -2.34. The molecule has 0 aliphatic rings. The van der Waals surface area contributed by atoms with Crippen molar-refractivity contribution in [2.24, 2.45) is 0 Å². The number of nitrogen functional groups attached to an aromatic ring is 1. The van der Waals surface area contributed by atoms with E-state index in [0.717, 1.165) is 33.8 Å². The SMILES string of the molecule is COc1ccc(C(OCC[C@H](O)Cn2cnc3c(OCc4ccccc4)nc(N)nc32)(c2ccccc2)c2ccc(OC)cc2)cc1. The maximum Gasteiger partial charge on any atom is 0.247 e. The number of anilines is 1. The Kier molecular flexibility index (Phi) is 9.61. The Morgan fingerprint density at radius 3 is 1.94 bits per heavy atom. The van der Waals surface area contributed by atoms with Crippen LogP contribution in [0.15, 0.2) is 116 Å². The number of nitrogens with two attached hydrogens (primary N) is 1. The summed E-state index contributed by atoms with van der Waals surface area (Å²) in [6.45, 7) is 0.770. The Balaban J connectivity index is 1.24. The van der Waals surface area contributed by atoms with E-state index in [1.807, 2.05) is 109 Å². The molecule has 0 bridgehead atoms. The van der Waals surface area contributed by atoms with Crippen molar-refractivity contribution in [1.82, 2.24) is 19.5 Å². The van der Waals surface area contributed by atoms with Crippen molar-refractivity contribution in [2.75, 3.05) is 26.6 Å². The van der Waals surface area contributed by atoms with E-state index < -0.39 is 11.7 Å². The van der Waals surface area contributed by atoms with Crippen LogP contribution in [-0.4, -0.2) is 51.6 Å². The zero-order valence-corrected chi connectivity index (χ0v) is 26.3. The fraction of sp³-hybridized carbons (Fsp3) is 0.216. The normalized spacial score (nSPS) is 12.1. The number of fused-ring (bicyclic) bond motifs is 1. The molecule has 0 radical (unpaired) electrons. The number of hydrogen-bond donors (Lipinski definition) is 2. The van der Waals surface area contributed by atoms with Gasteiger partial charge >= 0.3 is 0 Å². The van der Waals surface area contributed by atoms with Crippen LogP contribution in [0.25, 0.3) is 11.2 Å². The lowest BCUT2D eigenvalue weighted by Gasteiger charge is -2.36. The summed E-state index contributed by atoms with van der Waals surface area (Å²) in [6, 6.07) is 35.5. The van der Waals surface area contributed by atoms with Gasteiger partial charge in [-0.2, -0.15) is 9.97 Å². The van der Waals surface area contributed by atoms with Gasteiger partial charge in [0.15, 0.2) is 11.2 Å². The van der Waals surface area contributed by atoms with Crippen molar-refractivity contribution < 1.29 is 24.1 Å². The smallest absolute Gasteiger partial charge is 0.247 e. The minimum Gasteiger partial charge on any atom is -0.497 e. The van der Waals surface area contributed by atoms with Crippen molar-refractivity contribution in [1.29, 1.82) is 0 Å². The standard InChI is InChI=1S/C37H37N5O5/c1-44-31-17-13-28(14-18-31)37(27-11-7-4-8-12-27,29-15-19-32(45-2)20-16-29)47-22-21-30(43)23-42-25-39-33-34(42)40-36(38)41-35(33)46-24-26-9-5-3-6-10-26/h3-20,25,30,43H,21-24H2,1-2H3,(H2,38,40,41)/t30-/m0/s1. The number of benzene rings is 4. The fourth-order valence-electron chi connectivity index (χ4n) is 5.64. The second-order valence-corrected chi connectivity index (χ2v) is 11.0.